The first-order valence-electron chi connectivity index (χ1n) is 3.07. The van der Waals surface area contributed by atoms with E-state index < -0.39 is 6.10 Å². The number of nitrogens with zero attached hydrogens (tertiary/aromatic N) is 1. The molecule has 3 heteroatoms. The highest BCUT2D eigenvalue weighted by molar-refractivity contribution is 4.56. The van der Waals surface area contributed by atoms with Crippen molar-refractivity contribution in [3.8, 4) is 0 Å². The zero-order valence-corrected chi connectivity index (χ0v) is 6.00. The van der Waals surface area contributed by atoms with Crippen molar-refractivity contribution in [3.05, 3.63) is 0 Å². The molecule has 1 N–H and O–H groups in total. The summed E-state index contributed by atoms with van der Waals surface area (Å²) in [6, 6.07) is 0. The molecule has 0 aliphatic carbocycles. The molecule has 0 amide bonds. The lowest BCUT2D eigenvalue weighted by atomic mass is 10.2. The van der Waals surface area contributed by atoms with E-state index in [0.717, 1.165) is 0 Å². The fourth-order valence-corrected chi connectivity index (χ4v) is 0.649. The minimum absolute atomic E-state index is 0.186. The highest BCUT2D eigenvalue weighted by atomic mass is 16.3. The molecular weight excluding hydrogens is 118 g/mol. The van der Waals surface area contributed by atoms with Crippen molar-refractivity contribution in [3.63, 3.8) is 0 Å². The molecule has 0 saturated heterocycles. The molecule has 3 nitrogen and oxygen atoms in total. The van der Waals surface area contributed by atoms with Crippen LogP contribution >= 0.6 is 0 Å². The first-order chi connectivity index (χ1) is 4.16. The van der Waals surface area contributed by atoms with Gasteiger partial charge in [-0.05, 0) is 14.1 Å². The van der Waals surface area contributed by atoms with E-state index in [9.17, 15) is 5.11 Å². The van der Waals surface area contributed by atoms with Gasteiger partial charge in [-0.2, -0.15) is 0 Å². The molecule has 0 saturated carbocycles. The largest absolute Gasteiger partial charge is 0.392 e. The first kappa shape index (κ1) is 8.88. The van der Waals surface area contributed by atoms with Gasteiger partial charge in [-0.1, -0.05) is 0 Å². The van der Waals surface area contributed by atoms with Crippen LogP contribution in [0.2, 0.25) is 0 Å². The zero-order chi connectivity index (χ0) is 7.28. The van der Waals surface area contributed by atoms with Crippen molar-refractivity contribution in [2.45, 2.75) is 12.5 Å². The highest BCUT2D eigenvalue weighted by Crippen LogP contribution is 1.90. The van der Waals surface area contributed by atoms with Gasteiger partial charge in [0.25, 0.3) is 0 Å². The summed E-state index contributed by atoms with van der Waals surface area (Å²) in [5.41, 5.74) is 0. The molecule has 0 aliphatic rings. The van der Waals surface area contributed by atoms with Gasteiger partial charge >= 0.3 is 0 Å². The van der Waals surface area contributed by atoms with Crippen molar-refractivity contribution < 1.29 is 10.2 Å². The van der Waals surface area contributed by atoms with E-state index in [4.69, 9.17) is 5.11 Å². The Morgan fingerprint density at radius 1 is 1.56 bits per heavy atom. The Morgan fingerprint density at radius 3 is 2.44 bits per heavy atom. The maximum atomic E-state index is 9.94. The van der Waals surface area contributed by atoms with Gasteiger partial charge in [0.15, 0.2) is 0 Å². The summed E-state index contributed by atoms with van der Waals surface area (Å²) in [5.74, 6) is 0. The number of rotatable bonds is 4. The molecule has 0 aromatic rings. The third-order valence-electron chi connectivity index (χ3n) is 1.03. The van der Waals surface area contributed by atoms with Gasteiger partial charge in [-0.15, -0.1) is 0 Å². The molecule has 9 heavy (non-hydrogen) atoms. The fraction of sp³-hybridized carbons (Fsp3) is 1.00. The average molecular weight is 132 g/mol. The second kappa shape index (κ2) is 4.73. The second-order valence-electron chi connectivity index (χ2n) is 2.41. The van der Waals surface area contributed by atoms with Crippen molar-refractivity contribution in [2.75, 3.05) is 27.2 Å². The Kier molecular flexibility index (Phi) is 4.67. The molecule has 0 bridgehead atoms. The van der Waals surface area contributed by atoms with Crippen LogP contribution in [0.4, 0.5) is 0 Å². The number of hydrogen-bond donors (Lipinski definition) is 1. The molecule has 0 rings (SSSR count). The Labute approximate surface area is 55.9 Å². The maximum Gasteiger partial charge on any atom is 0.0847 e. The Hall–Kier alpha value is -0.120. The highest BCUT2D eigenvalue weighted by Gasteiger charge is 2.03. The summed E-state index contributed by atoms with van der Waals surface area (Å²) in [4.78, 5) is 1.86. The molecule has 1 atom stereocenters. The van der Waals surface area contributed by atoms with E-state index in [0.29, 0.717) is 13.0 Å². The topological polar surface area (TPSA) is 43.4 Å². The summed E-state index contributed by atoms with van der Waals surface area (Å²) in [6.45, 7) is 0.400. The summed E-state index contributed by atoms with van der Waals surface area (Å²) < 4.78 is 0. The fourth-order valence-electron chi connectivity index (χ4n) is 0.649. The van der Waals surface area contributed by atoms with Crippen LogP contribution in [-0.2, 0) is 5.11 Å². The van der Waals surface area contributed by atoms with Gasteiger partial charge in [-0.25, -0.2) is 5.11 Å². The lowest BCUT2D eigenvalue weighted by Gasteiger charge is -2.13. The van der Waals surface area contributed by atoms with Gasteiger partial charge in [0.2, 0.25) is 0 Å². The van der Waals surface area contributed by atoms with Crippen LogP contribution in [0.3, 0.4) is 0 Å². The minimum atomic E-state index is -0.447. The predicted octanol–water partition coefficient (Wildman–Crippen LogP) is -0.271. The molecule has 0 aromatic heterocycles. The molecule has 1 radical (unpaired) electrons. The molecular formula is C6H14NO2. The van der Waals surface area contributed by atoms with Crippen LogP contribution in [0, 0.1) is 0 Å². The van der Waals surface area contributed by atoms with Gasteiger partial charge in [0.1, 0.15) is 0 Å². The van der Waals surface area contributed by atoms with Crippen molar-refractivity contribution in [1.29, 1.82) is 0 Å². The standard InChI is InChI=1S/C6H14NO2/c1-7(2)5-6(9)3-4-8/h6,9H,3-5H2,1-2H3. The molecule has 0 aromatic carbocycles. The molecule has 1 unspecified atom stereocenters. The summed E-state index contributed by atoms with van der Waals surface area (Å²) in [7, 11) is 3.74. The lowest BCUT2D eigenvalue weighted by molar-refractivity contribution is 0.0848. The summed E-state index contributed by atoms with van der Waals surface area (Å²) in [5, 5.41) is 18.9. The molecule has 0 spiro atoms. The van der Waals surface area contributed by atoms with Crippen molar-refractivity contribution >= 4 is 0 Å². The molecule has 0 aliphatic heterocycles. The van der Waals surface area contributed by atoms with Crippen molar-refractivity contribution in [1.82, 2.24) is 4.90 Å². The van der Waals surface area contributed by atoms with Gasteiger partial charge < -0.3 is 10.0 Å². The zero-order valence-electron chi connectivity index (χ0n) is 6.00. The van der Waals surface area contributed by atoms with Crippen LogP contribution in [-0.4, -0.2) is 43.4 Å². The van der Waals surface area contributed by atoms with Gasteiger partial charge in [0.05, 0.1) is 12.7 Å². The third kappa shape index (κ3) is 5.76. The van der Waals surface area contributed by atoms with Crippen LogP contribution in [0.25, 0.3) is 0 Å². The quantitative estimate of drug-likeness (QED) is 0.572. The third-order valence-corrected chi connectivity index (χ3v) is 1.03. The van der Waals surface area contributed by atoms with Crippen LogP contribution in [0.1, 0.15) is 6.42 Å². The van der Waals surface area contributed by atoms with Gasteiger partial charge in [0, 0.05) is 13.0 Å². The van der Waals surface area contributed by atoms with Crippen LogP contribution in [0.15, 0.2) is 0 Å². The monoisotopic (exact) mass is 132 g/mol. The Morgan fingerprint density at radius 2 is 2.11 bits per heavy atom. The lowest BCUT2D eigenvalue weighted by Crippen LogP contribution is -2.26. The Bertz CT molecular complexity index is 66.1. The molecule has 55 valence electrons. The van der Waals surface area contributed by atoms with E-state index in [1.165, 1.54) is 0 Å². The van der Waals surface area contributed by atoms with E-state index in [2.05, 4.69) is 0 Å². The average Bonchev–Trinajstić information content (AvgIpc) is 1.63. The second-order valence-corrected chi connectivity index (χ2v) is 2.41. The smallest absolute Gasteiger partial charge is 0.0847 e. The van der Waals surface area contributed by atoms with E-state index >= 15 is 0 Å². The van der Waals surface area contributed by atoms with E-state index in [-0.39, 0.29) is 6.61 Å². The van der Waals surface area contributed by atoms with Crippen molar-refractivity contribution in [2.24, 2.45) is 0 Å². The van der Waals surface area contributed by atoms with Gasteiger partial charge in [-0.3, -0.25) is 0 Å². The SMILES string of the molecule is CN(C)CC(O)CC[O]. The summed E-state index contributed by atoms with van der Waals surface area (Å²) in [6.07, 6.45) is -0.0875. The van der Waals surface area contributed by atoms with Crippen LogP contribution < -0.4 is 0 Å². The predicted molar refractivity (Wildman–Crippen MR) is 34.7 cm³/mol. The maximum absolute atomic E-state index is 9.94. The normalized spacial score (nSPS) is 14.3. The minimum Gasteiger partial charge on any atom is -0.392 e. The number of likely N-dealkylation sites (N-methyl/N-ethyl adjacent to an activating group) is 1. The van der Waals surface area contributed by atoms with Crippen LogP contribution in [0.5, 0.6) is 0 Å². The van der Waals surface area contributed by atoms with E-state index in [1.54, 1.807) is 0 Å². The number of aliphatic hydroxyl groups is 1. The van der Waals surface area contributed by atoms with E-state index in [1.807, 2.05) is 19.0 Å². The Balaban J connectivity index is 3.15. The first-order valence-corrected chi connectivity index (χ1v) is 3.07. The summed E-state index contributed by atoms with van der Waals surface area (Å²) >= 11 is 0. The number of aliphatic hydroxyl groups excluding tert-OH is 1. The molecule has 0 heterocycles. The number of hydrogen-bond acceptors (Lipinski definition) is 2. The molecule has 0 fully saturated rings.